The molecule has 0 radical (unpaired) electrons. The third-order valence-corrected chi connectivity index (χ3v) is 8.64. The predicted molar refractivity (Wildman–Crippen MR) is 212 cm³/mol. The van der Waals surface area contributed by atoms with Gasteiger partial charge < -0.3 is 18.9 Å². The van der Waals surface area contributed by atoms with Gasteiger partial charge in [0.05, 0.1) is 14.2 Å². The molecule has 0 spiro atoms. The van der Waals surface area contributed by atoms with Crippen molar-refractivity contribution in [2.75, 3.05) is 14.2 Å². The highest BCUT2D eigenvalue weighted by Crippen LogP contribution is 2.24. The van der Waals surface area contributed by atoms with Crippen molar-refractivity contribution >= 4 is 50.7 Å². The minimum absolute atomic E-state index is 0.385. The highest BCUT2D eigenvalue weighted by molar-refractivity contribution is 14.1. The van der Waals surface area contributed by atoms with E-state index in [-0.39, 0.29) is 5.97 Å². The van der Waals surface area contributed by atoms with Gasteiger partial charge >= 0.3 is 11.9 Å². The third-order valence-electron chi connectivity index (χ3n) is 6.23. The highest BCUT2D eigenvalue weighted by atomic mass is 127. The molecule has 0 aliphatic rings. The van der Waals surface area contributed by atoms with E-state index in [4.69, 9.17) is 25.4 Å². The van der Waals surface area contributed by atoms with Crippen LogP contribution in [0.15, 0.2) is 97.1 Å². The average molecular weight is 805 g/mol. The summed E-state index contributed by atoms with van der Waals surface area (Å²) < 4.78 is 22.2. The molecule has 0 aliphatic heterocycles. The Kier molecular flexibility index (Phi) is 16.9. The second-order valence-electron chi connectivity index (χ2n) is 12.8. The molecule has 4 aromatic carbocycles. The molecule has 0 heterocycles. The van der Waals surface area contributed by atoms with E-state index >= 15 is 0 Å². The van der Waals surface area contributed by atoms with Crippen molar-refractivity contribution in [1.82, 2.24) is 0 Å². The molecule has 0 unspecified atom stereocenters. The van der Waals surface area contributed by atoms with Crippen molar-refractivity contribution in [2.24, 2.45) is 0 Å². The molecule has 9 heteroatoms. The lowest BCUT2D eigenvalue weighted by Crippen LogP contribution is -2.16. The van der Waals surface area contributed by atoms with Crippen LogP contribution in [0.1, 0.15) is 37.4 Å². The maximum atomic E-state index is 11.9. The number of benzene rings is 4. The van der Waals surface area contributed by atoms with Crippen LogP contribution in [0.5, 0.6) is 11.5 Å². The molecule has 4 aromatic rings. The second kappa shape index (κ2) is 20.3. The lowest BCUT2D eigenvalue weighted by Gasteiger charge is -2.11. The molecule has 0 N–H and O–H groups in total. The van der Waals surface area contributed by atoms with Gasteiger partial charge in [0.1, 0.15) is 52.0 Å². The Morgan fingerprint density at radius 2 is 1.08 bits per heavy atom. The molecule has 0 amide bonds. The number of ether oxygens (including phenoxy) is 4. The van der Waals surface area contributed by atoms with Gasteiger partial charge in [-0.2, -0.15) is 0 Å². The van der Waals surface area contributed by atoms with E-state index in [0.717, 1.165) is 20.3 Å². The number of esters is 2. The van der Waals surface area contributed by atoms with Crippen molar-refractivity contribution < 1.29 is 28.5 Å². The smallest absolute Gasteiger partial charge is 0.341 e. The molecule has 0 saturated heterocycles. The summed E-state index contributed by atoms with van der Waals surface area (Å²) in [6.07, 6.45) is 5.12. The molecule has 0 aromatic heterocycles. The van der Waals surface area contributed by atoms with E-state index in [2.05, 4.69) is 78.9 Å². The first-order valence-corrected chi connectivity index (χ1v) is 23.7. The number of carbonyl (C=O) groups is 2. The van der Waals surface area contributed by atoms with Gasteiger partial charge in [0, 0.05) is 9.13 Å². The molecular formula is C40H45IO6Si2. The molecule has 6 nitrogen and oxygen atoms in total. The SMILES string of the molecule is C#C[Si](C)(C)C.COC(=O)c1ccc(C#C[Si](C)(C)C)cc1OCc1ccccc1.COC(=O)c1ccc(I)cc1OCc1ccccc1. The van der Waals surface area contributed by atoms with Gasteiger partial charge in [-0.05, 0) is 70.1 Å². The Hall–Kier alpha value is -4.30. The minimum Gasteiger partial charge on any atom is -0.488 e. The fraction of sp³-hybridized carbons (Fsp3) is 0.250. The van der Waals surface area contributed by atoms with E-state index < -0.39 is 22.1 Å². The molecule has 0 fully saturated rings. The summed E-state index contributed by atoms with van der Waals surface area (Å²) >= 11 is 2.18. The van der Waals surface area contributed by atoms with Crippen LogP contribution in [0, 0.1) is 27.0 Å². The Morgan fingerprint density at radius 1 is 0.653 bits per heavy atom. The Bertz CT molecular complexity index is 1760. The monoisotopic (exact) mass is 804 g/mol. The van der Waals surface area contributed by atoms with Gasteiger partial charge in [0.2, 0.25) is 0 Å². The summed E-state index contributed by atoms with van der Waals surface area (Å²) in [5.74, 6) is 3.42. The average Bonchev–Trinajstić information content (AvgIpc) is 3.09. The number of terminal acetylenes is 1. The summed E-state index contributed by atoms with van der Waals surface area (Å²) in [6, 6.07) is 30.4. The van der Waals surface area contributed by atoms with Crippen LogP contribution in [0.25, 0.3) is 0 Å². The fourth-order valence-electron chi connectivity index (χ4n) is 3.62. The number of rotatable bonds is 8. The maximum Gasteiger partial charge on any atom is 0.341 e. The normalized spacial score (nSPS) is 10.3. The summed E-state index contributed by atoms with van der Waals surface area (Å²) in [5, 5.41) is 0. The van der Waals surface area contributed by atoms with Gasteiger partial charge in [-0.3, -0.25) is 0 Å². The van der Waals surface area contributed by atoms with Crippen LogP contribution in [0.4, 0.5) is 0 Å². The number of halogens is 1. The Morgan fingerprint density at radius 3 is 1.49 bits per heavy atom. The minimum atomic E-state index is -1.46. The maximum absolute atomic E-state index is 11.9. The topological polar surface area (TPSA) is 71.1 Å². The largest absolute Gasteiger partial charge is 0.488 e. The van der Waals surface area contributed by atoms with Crippen molar-refractivity contribution in [3.8, 4) is 34.9 Å². The van der Waals surface area contributed by atoms with E-state index in [9.17, 15) is 9.59 Å². The first-order chi connectivity index (χ1) is 23.2. The number of methoxy groups -OCH3 is 2. The summed E-state index contributed by atoms with van der Waals surface area (Å²) in [6.45, 7) is 13.8. The van der Waals surface area contributed by atoms with Gasteiger partial charge in [0.15, 0.2) is 0 Å². The van der Waals surface area contributed by atoms with Crippen LogP contribution in [-0.4, -0.2) is 42.3 Å². The highest BCUT2D eigenvalue weighted by Gasteiger charge is 2.15. The molecule has 0 atom stereocenters. The van der Waals surface area contributed by atoms with Crippen molar-refractivity contribution in [1.29, 1.82) is 0 Å². The predicted octanol–water partition coefficient (Wildman–Crippen LogP) is 9.43. The molecule has 4 rings (SSSR count). The molecule has 0 bridgehead atoms. The van der Waals surface area contributed by atoms with E-state index in [1.807, 2.05) is 84.9 Å². The van der Waals surface area contributed by atoms with Crippen molar-refractivity contribution in [3.63, 3.8) is 0 Å². The zero-order valence-electron chi connectivity index (χ0n) is 29.6. The fourth-order valence-corrected chi connectivity index (χ4v) is 4.60. The van der Waals surface area contributed by atoms with Crippen LogP contribution >= 0.6 is 22.6 Å². The van der Waals surface area contributed by atoms with Gasteiger partial charge in [-0.25, -0.2) is 9.59 Å². The van der Waals surface area contributed by atoms with Crippen LogP contribution < -0.4 is 9.47 Å². The van der Waals surface area contributed by atoms with Gasteiger partial charge in [-0.15, -0.1) is 17.5 Å². The lowest BCUT2D eigenvalue weighted by molar-refractivity contribution is 0.0586. The van der Waals surface area contributed by atoms with Gasteiger partial charge in [0.25, 0.3) is 0 Å². The number of carbonyl (C=O) groups excluding carboxylic acids is 2. The van der Waals surface area contributed by atoms with Crippen LogP contribution in [-0.2, 0) is 22.7 Å². The summed E-state index contributed by atoms with van der Waals surface area (Å²) in [5.41, 5.74) is 9.84. The Labute approximate surface area is 307 Å². The number of hydrogen-bond acceptors (Lipinski definition) is 6. The van der Waals surface area contributed by atoms with Crippen molar-refractivity contribution in [2.45, 2.75) is 52.5 Å². The van der Waals surface area contributed by atoms with Crippen molar-refractivity contribution in [3.05, 3.63) is 128 Å². The Balaban J connectivity index is 0.000000297. The lowest BCUT2D eigenvalue weighted by atomic mass is 10.1. The van der Waals surface area contributed by atoms with E-state index in [1.165, 1.54) is 14.2 Å². The molecule has 0 saturated carbocycles. The molecule has 256 valence electrons. The quantitative estimate of drug-likeness (QED) is 0.0766. The standard InChI is InChI=1S/C20H22O3Si.C15H13IO3.C5H10Si/c1-22-20(21)18-11-10-16(12-13-24(2,3)4)14-19(18)23-15-17-8-6-5-7-9-17;1-18-15(17)13-8-7-12(16)9-14(13)19-10-11-5-3-2-4-6-11;1-5-6(2,3)4/h5-11,14H,15H2,1-4H3;2-9H,10H2,1H3;1H,2-4H3. The van der Waals surface area contributed by atoms with Gasteiger partial charge in [-0.1, -0.05) is 106 Å². The molecular weight excluding hydrogens is 760 g/mol. The first-order valence-electron chi connectivity index (χ1n) is 15.6. The molecule has 49 heavy (non-hydrogen) atoms. The number of hydrogen-bond donors (Lipinski definition) is 0. The zero-order chi connectivity index (χ0) is 36.5. The van der Waals surface area contributed by atoms with Crippen LogP contribution in [0.3, 0.4) is 0 Å². The molecule has 0 aliphatic carbocycles. The second-order valence-corrected chi connectivity index (χ2v) is 23.6. The van der Waals surface area contributed by atoms with E-state index in [1.54, 1.807) is 12.1 Å². The summed E-state index contributed by atoms with van der Waals surface area (Å²) in [4.78, 5) is 23.6. The zero-order valence-corrected chi connectivity index (χ0v) is 33.7. The van der Waals surface area contributed by atoms with Crippen LogP contribution in [0.2, 0.25) is 39.3 Å². The summed E-state index contributed by atoms with van der Waals surface area (Å²) in [7, 11) is 0.158. The first kappa shape index (κ1) is 40.9. The van der Waals surface area contributed by atoms with E-state index in [0.29, 0.717) is 35.8 Å². The third kappa shape index (κ3) is 16.1.